The third-order valence-electron chi connectivity index (χ3n) is 3.39. The Morgan fingerprint density at radius 3 is 2.61 bits per heavy atom. The lowest BCUT2D eigenvalue weighted by Gasteiger charge is -2.41. The van der Waals surface area contributed by atoms with E-state index in [-0.39, 0.29) is 16.8 Å². The van der Waals surface area contributed by atoms with E-state index in [2.05, 4.69) is 40.0 Å². The van der Waals surface area contributed by atoms with Gasteiger partial charge in [0.1, 0.15) is 0 Å². The Hall–Kier alpha value is -0.870. The number of benzene rings is 1. The zero-order valence-electron chi connectivity index (χ0n) is 10.8. The van der Waals surface area contributed by atoms with Crippen molar-refractivity contribution in [1.82, 2.24) is 9.80 Å². The summed E-state index contributed by atoms with van der Waals surface area (Å²) < 4.78 is 0. The molecule has 0 radical (unpaired) electrons. The zero-order chi connectivity index (χ0) is 13.1. The third-order valence-corrected chi connectivity index (χ3v) is 3.78. The predicted octanol–water partition coefficient (Wildman–Crippen LogP) is 2.29. The largest absolute Gasteiger partial charge is 0.332 e. The number of piperazine rings is 1. The van der Waals surface area contributed by atoms with Gasteiger partial charge >= 0.3 is 0 Å². The normalized spacial score (nSPS) is 22.8. The van der Waals surface area contributed by atoms with E-state index in [1.54, 1.807) is 0 Å². The zero-order valence-corrected chi connectivity index (χ0v) is 12.4. The summed E-state index contributed by atoms with van der Waals surface area (Å²) in [6.45, 7) is 4.53. The van der Waals surface area contributed by atoms with Crippen molar-refractivity contribution in [1.29, 1.82) is 0 Å². The lowest BCUT2D eigenvalue weighted by atomic mass is 10.0. The Labute approximate surface area is 117 Å². The van der Waals surface area contributed by atoms with E-state index in [0.29, 0.717) is 0 Å². The average Bonchev–Trinajstić information content (AvgIpc) is 2.39. The minimum absolute atomic E-state index is 0.118. The predicted molar refractivity (Wildman–Crippen MR) is 76.8 cm³/mol. The summed E-state index contributed by atoms with van der Waals surface area (Å²) in [4.78, 5) is 16.4. The van der Waals surface area contributed by atoms with Crippen LogP contribution in [0, 0.1) is 0 Å². The van der Waals surface area contributed by atoms with Crippen LogP contribution >= 0.6 is 15.9 Å². The second kappa shape index (κ2) is 5.85. The van der Waals surface area contributed by atoms with Gasteiger partial charge in [0, 0.05) is 19.6 Å². The van der Waals surface area contributed by atoms with Crippen LogP contribution in [-0.2, 0) is 4.79 Å². The third kappa shape index (κ3) is 2.93. The SMILES string of the molecule is CC(Br)C(=O)N1CCN(C)CC1c1ccccc1. The van der Waals surface area contributed by atoms with Gasteiger partial charge in [0.25, 0.3) is 0 Å². The van der Waals surface area contributed by atoms with Gasteiger partial charge in [-0.05, 0) is 19.5 Å². The molecule has 1 amide bonds. The highest BCUT2D eigenvalue weighted by Crippen LogP contribution is 2.26. The maximum Gasteiger partial charge on any atom is 0.236 e. The first-order valence-corrected chi connectivity index (χ1v) is 7.19. The molecule has 1 fully saturated rings. The number of likely N-dealkylation sites (N-methyl/N-ethyl adjacent to an activating group) is 1. The molecule has 1 aromatic carbocycles. The van der Waals surface area contributed by atoms with Crippen molar-refractivity contribution >= 4 is 21.8 Å². The smallest absolute Gasteiger partial charge is 0.236 e. The van der Waals surface area contributed by atoms with Crippen LogP contribution in [0.5, 0.6) is 0 Å². The lowest BCUT2D eigenvalue weighted by Crippen LogP contribution is -2.50. The van der Waals surface area contributed by atoms with Crippen LogP contribution in [0.15, 0.2) is 30.3 Å². The van der Waals surface area contributed by atoms with E-state index in [1.165, 1.54) is 5.56 Å². The van der Waals surface area contributed by atoms with Crippen molar-refractivity contribution in [2.45, 2.75) is 17.8 Å². The molecule has 0 aromatic heterocycles. The maximum atomic E-state index is 12.2. The van der Waals surface area contributed by atoms with Gasteiger partial charge in [-0.3, -0.25) is 4.79 Å². The maximum absolute atomic E-state index is 12.2. The number of hydrogen-bond donors (Lipinski definition) is 0. The Morgan fingerprint density at radius 1 is 1.33 bits per heavy atom. The lowest BCUT2D eigenvalue weighted by molar-refractivity contribution is -0.135. The van der Waals surface area contributed by atoms with Crippen LogP contribution < -0.4 is 0 Å². The topological polar surface area (TPSA) is 23.6 Å². The number of carbonyl (C=O) groups excluding carboxylic acids is 1. The fourth-order valence-electron chi connectivity index (χ4n) is 2.37. The van der Waals surface area contributed by atoms with E-state index in [9.17, 15) is 4.79 Å². The number of nitrogens with zero attached hydrogens (tertiary/aromatic N) is 2. The minimum Gasteiger partial charge on any atom is -0.332 e. The van der Waals surface area contributed by atoms with Crippen LogP contribution in [0.1, 0.15) is 18.5 Å². The van der Waals surface area contributed by atoms with Crippen LogP contribution in [0.3, 0.4) is 0 Å². The molecule has 2 rings (SSSR count). The molecule has 1 aliphatic heterocycles. The second-order valence-electron chi connectivity index (χ2n) is 4.84. The standard InChI is InChI=1S/C14H19BrN2O/c1-11(15)14(18)17-9-8-16(2)10-13(17)12-6-4-3-5-7-12/h3-7,11,13H,8-10H2,1-2H3. The van der Waals surface area contributed by atoms with Gasteiger partial charge in [0.2, 0.25) is 5.91 Å². The first kappa shape index (κ1) is 13.6. The van der Waals surface area contributed by atoms with Crippen molar-refractivity contribution in [3.05, 3.63) is 35.9 Å². The molecule has 0 spiro atoms. The Kier molecular flexibility index (Phi) is 4.40. The van der Waals surface area contributed by atoms with E-state index in [0.717, 1.165) is 19.6 Å². The van der Waals surface area contributed by atoms with Crippen LogP contribution in [0.25, 0.3) is 0 Å². The summed E-state index contributed by atoms with van der Waals surface area (Å²) in [7, 11) is 2.11. The van der Waals surface area contributed by atoms with Gasteiger partial charge in [-0.25, -0.2) is 0 Å². The molecule has 18 heavy (non-hydrogen) atoms. The van der Waals surface area contributed by atoms with Gasteiger partial charge in [-0.2, -0.15) is 0 Å². The molecule has 1 heterocycles. The average molecular weight is 311 g/mol. The molecule has 2 atom stereocenters. The molecule has 3 nitrogen and oxygen atoms in total. The molecule has 1 aromatic rings. The van der Waals surface area contributed by atoms with Gasteiger partial charge in [0.05, 0.1) is 10.9 Å². The Bertz CT molecular complexity index is 408. The second-order valence-corrected chi connectivity index (χ2v) is 6.21. The van der Waals surface area contributed by atoms with Gasteiger partial charge in [-0.15, -0.1) is 0 Å². The molecule has 0 N–H and O–H groups in total. The minimum atomic E-state index is -0.118. The molecule has 1 saturated heterocycles. The summed E-state index contributed by atoms with van der Waals surface area (Å²) in [5.74, 6) is 0.178. The first-order chi connectivity index (χ1) is 8.59. The molecule has 98 valence electrons. The highest BCUT2D eigenvalue weighted by molar-refractivity contribution is 9.10. The van der Waals surface area contributed by atoms with Gasteiger partial charge in [0.15, 0.2) is 0 Å². The van der Waals surface area contributed by atoms with Crippen LogP contribution in [0.4, 0.5) is 0 Å². The van der Waals surface area contributed by atoms with Crippen molar-refractivity contribution in [3.8, 4) is 0 Å². The monoisotopic (exact) mass is 310 g/mol. The molecule has 0 bridgehead atoms. The first-order valence-electron chi connectivity index (χ1n) is 6.27. The van der Waals surface area contributed by atoms with Gasteiger partial charge in [-0.1, -0.05) is 46.3 Å². The van der Waals surface area contributed by atoms with Crippen molar-refractivity contribution in [3.63, 3.8) is 0 Å². The number of rotatable bonds is 2. The van der Waals surface area contributed by atoms with E-state index < -0.39 is 0 Å². The molecule has 2 unspecified atom stereocenters. The highest BCUT2D eigenvalue weighted by atomic mass is 79.9. The molecular weight excluding hydrogens is 292 g/mol. The number of carbonyl (C=O) groups is 1. The number of hydrogen-bond acceptors (Lipinski definition) is 2. The number of alkyl halides is 1. The Balaban J connectivity index is 2.24. The fourth-order valence-corrected chi connectivity index (χ4v) is 2.64. The molecule has 4 heteroatoms. The molecule has 0 aliphatic carbocycles. The fraction of sp³-hybridized carbons (Fsp3) is 0.500. The van der Waals surface area contributed by atoms with Crippen LogP contribution in [0.2, 0.25) is 0 Å². The van der Waals surface area contributed by atoms with E-state index in [1.807, 2.05) is 30.0 Å². The highest BCUT2D eigenvalue weighted by Gasteiger charge is 2.31. The molecule has 1 aliphatic rings. The summed E-state index contributed by atoms with van der Waals surface area (Å²) in [6, 6.07) is 10.4. The van der Waals surface area contributed by atoms with Crippen molar-refractivity contribution in [2.24, 2.45) is 0 Å². The van der Waals surface area contributed by atoms with Gasteiger partial charge < -0.3 is 9.80 Å². The summed E-state index contributed by atoms with van der Waals surface area (Å²) in [6.07, 6.45) is 0. The number of halogens is 1. The summed E-state index contributed by atoms with van der Waals surface area (Å²) >= 11 is 3.39. The Morgan fingerprint density at radius 2 is 2.00 bits per heavy atom. The summed E-state index contributed by atoms with van der Waals surface area (Å²) in [5, 5.41) is 0. The van der Waals surface area contributed by atoms with Crippen molar-refractivity contribution < 1.29 is 4.79 Å². The summed E-state index contributed by atoms with van der Waals surface area (Å²) in [5.41, 5.74) is 1.21. The molecular formula is C14H19BrN2O. The van der Waals surface area contributed by atoms with Crippen molar-refractivity contribution in [2.75, 3.05) is 26.7 Å². The number of amides is 1. The van der Waals surface area contributed by atoms with E-state index in [4.69, 9.17) is 0 Å². The van der Waals surface area contributed by atoms with E-state index >= 15 is 0 Å². The quantitative estimate of drug-likeness (QED) is 0.783. The van der Waals surface area contributed by atoms with Crippen LogP contribution in [-0.4, -0.2) is 47.2 Å². The molecule has 0 saturated carbocycles.